The lowest BCUT2D eigenvalue weighted by Crippen LogP contribution is -2.11. The van der Waals surface area contributed by atoms with E-state index in [1.807, 2.05) is 12.1 Å². The van der Waals surface area contributed by atoms with Gasteiger partial charge >= 0.3 is 5.97 Å². The second-order valence-electron chi connectivity index (χ2n) is 5.63. The summed E-state index contributed by atoms with van der Waals surface area (Å²) in [6, 6.07) is 10.6. The van der Waals surface area contributed by atoms with Crippen LogP contribution in [-0.4, -0.2) is 37.1 Å². The normalized spacial score (nSPS) is 10.8. The molecule has 0 aliphatic heterocycles. The molecule has 2 heterocycles. The summed E-state index contributed by atoms with van der Waals surface area (Å²) in [5.41, 5.74) is 2.50. The zero-order valence-corrected chi connectivity index (χ0v) is 13.3. The number of pyridine rings is 1. The Balaban J connectivity index is 1.81. The molecule has 24 heavy (non-hydrogen) atoms. The molecule has 0 saturated heterocycles. The monoisotopic (exact) mass is 323 g/mol. The van der Waals surface area contributed by atoms with E-state index in [0.29, 0.717) is 11.7 Å². The summed E-state index contributed by atoms with van der Waals surface area (Å²) in [6.45, 7) is 4.10. The predicted octanol–water partition coefficient (Wildman–Crippen LogP) is 2.85. The quantitative estimate of drug-likeness (QED) is 0.750. The van der Waals surface area contributed by atoms with E-state index in [9.17, 15) is 4.79 Å². The van der Waals surface area contributed by atoms with Gasteiger partial charge in [-0.25, -0.2) is 14.5 Å². The van der Waals surface area contributed by atoms with Crippen LogP contribution in [0.25, 0.3) is 16.9 Å². The van der Waals surface area contributed by atoms with E-state index in [2.05, 4.69) is 34.5 Å². The summed E-state index contributed by atoms with van der Waals surface area (Å²) in [4.78, 5) is 15.2. The Morgan fingerprint density at radius 3 is 2.50 bits per heavy atom. The van der Waals surface area contributed by atoms with E-state index in [1.54, 1.807) is 41.3 Å². The van der Waals surface area contributed by atoms with Crippen molar-refractivity contribution in [1.82, 2.24) is 20.0 Å². The number of hydrogen-bond acceptors (Lipinski definition) is 5. The maximum absolute atomic E-state index is 10.9. The fourth-order valence-electron chi connectivity index (χ4n) is 2.21. The molecular weight excluding hydrogens is 306 g/mol. The van der Waals surface area contributed by atoms with Gasteiger partial charge in [-0.2, -0.15) is 0 Å². The van der Waals surface area contributed by atoms with Crippen LogP contribution in [0, 0.1) is 0 Å². The molecule has 0 spiro atoms. The number of hydrogen-bond donors (Lipinski definition) is 2. The third-order valence-corrected chi connectivity index (χ3v) is 3.37. The molecule has 0 fully saturated rings. The highest BCUT2D eigenvalue weighted by atomic mass is 16.4. The number of anilines is 1. The van der Waals surface area contributed by atoms with Crippen LogP contribution in [0.3, 0.4) is 0 Å². The molecule has 7 heteroatoms. The third-order valence-electron chi connectivity index (χ3n) is 3.37. The number of aromatic nitrogens is 4. The Bertz CT molecular complexity index is 838. The lowest BCUT2D eigenvalue weighted by molar-refractivity contribution is 0.0697. The number of carbonyl (C=O) groups is 1. The average molecular weight is 323 g/mol. The molecule has 0 radical (unpaired) electrons. The van der Waals surface area contributed by atoms with E-state index in [0.717, 1.165) is 17.1 Å². The van der Waals surface area contributed by atoms with Gasteiger partial charge in [-0.05, 0) is 38.1 Å². The Morgan fingerprint density at radius 2 is 1.92 bits per heavy atom. The zero-order chi connectivity index (χ0) is 17.1. The van der Waals surface area contributed by atoms with Crippen LogP contribution in [0.4, 0.5) is 5.82 Å². The van der Waals surface area contributed by atoms with Gasteiger partial charge in [-0.15, -0.1) is 5.10 Å². The van der Waals surface area contributed by atoms with Crippen molar-refractivity contribution in [1.29, 1.82) is 0 Å². The van der Waals surface area contributed by atoms with Gasteiger partial charge in [0.1, 0.15) is 11.5 Å². The van der Waals surface area contributed by atoms with Gasteiger partial charge in [0.2, 0.25) is 0 Å². The van der Waals surface area contributed by atoms with Crippen LogP contribution >= 0.6 is 0 Å². The Hall–Kier alpha value is -3.22. The molecule has 0 aliphatic carbocycles. The minimum Gasteiger partial charge on any atom is -0.478 e. The minimum atomic E-state index is -0.952. The predicted molar refractivity (Wildman–Crippen MR) is 90.3 cm³/mol. The lowest BCUT2D eigenvalue weighted by atomic mass is 10.1. The minimum absolute atomic E-state index is 0.239. The van der Waals surface area contributed by atoms with Crippen molar-refractivity contribution < 1.29 is 9.90 Å². The summed E-state index contributed by atoms with van der Waals surface area (Å²) in [5, 5.41) is 20.4. The first kappa shape index (κ1) is 15.7. The van der Waals surface area contributed by atoms with E-state index in [-0.39, 0.29) is 5.56 Å². The average Bonchev–Trinajstić information content (AvgIpc) is 3.05. The standard InChI is InChI=1S/C17H17N5O2/c1-11(2)19-16-8-7-14(9-18-16)22-10-15(20-21-22)12-3-5-13(6-4-12)17(23)24/h3-11H,1-2H3,(H,18,19)(H,23,24). The van der Waals surface area contributed by atoms with Gasteiger partial charge < -0.3 is 10.4 Å². The molecular formula is C17H17N5O2. The summed E-state index contributed by atoms with van der Waals surface area (Å²) in [6.07, 6.45) is 3.50. The molecule has 0 unspecified atom stereocenters. The molecule has 1 aromatic carbocycles. The number of nitrogens with zero attached hydrogens (tertiary/aromatic N) is 4. The highest BCUT2D eigenvalue weighted by molar-refractivity contribution is 5.88. The van der Waals surface area contributed by atoms with E-state index < -0.39 is 5.97 Å². The highest BCUT2D eigenvalue weighted by Crippen LogP contribution is 2.18. The van der Waals surface area contributed by atoms with Gasteiger partial charge in [0.15, 0.2) is 0 Å². The molecule has 3 aromatic rings. The Labute approximate surface area is 139 Å². The highest BCUT2D eigenvalue weighted by Gasteiger charge is 2.08. The lowest BCUT2D eigenvalue weighted by Gasteiger charge is -2.08. The molecule has 0 aliphatic rings. The Kier molecular flexibility index (Phi) is 4.24. The van der Waals surface area contributed by atoms with Crippen LogP contribution < -0.4 is 5.32 Å². The molecule has 3 rings (SSSR count). The molecule has 0 saturated carbocycles. The smallest absolute Gasteiger partial charge is 0.335 e. The second-order valence-corrected chi connectivity index (χ2v) is 5.63. The topological polar surface area (TPSA) is 92.9 Å². The van der Waals surface area contributed by atoms with Crippen molar-refractivity contribution in [2.45, 2.75) is 19.9 Å². The van der Waals surface area contributed by atoms with Crippen molar-refractivity contribution in [3.8, 4) is 16.9 Å². The van der Waals surface area contributed by atoms with Crippen molar-refractivity contribution in [3.63, 3.8) is 0 Å². The number of aromatic carboxylic acids is 1. The van der Waals surface area contributed by atoms with Crippen LogP contribution in [0.15, 0.2) is 48.8 Å². The maximum atomic E-state index is 10.9. The fourth-order valence-corrected chi connectivity index (χ4v) is 2.21. The second kappa shape index (κ2) is 6.49. The van der Waals surface area contributed by atoms with Crippen LogP contribution in [0.2, 0.25) is 0 Å². The zero-order valence-electron chi connectivity index (χ0n) is 13.3. The fraction of sp³-hybridized carbons (Fsp3) is 0.176. The van der Waals surface area contributed by atoms with Crippen molar-refractivity contribution in [2.24, 2.45) is 0 Å². The summed E-state index contributed by atoms with van der Waals surface area (Å²) in [5.74, 6) is -0.148. The molecule has 0 amide bonds. The number of rotatable bonds is 5. The van der Waals surface area contributed by atoms with Gasteiger partial charge in [0, 0.05) is 11.6 Å². The van der Waals surface area contributed by atoms with Gasteiger partial charge in [0.25, 0.3) is 0 Å². The van der Waals surface area contributed by atoms with Crippen LogP contribution in [-0.2, 0) is 0 Å². The van der Waals surface area contributed by atoms with Crippen molar-refractivity contribution in [2.75, 3.05) is 5.32 Å². The maximum Gasteiger partial charge on any atom is 0.335 e. The summed E-state index contributed by atoms with van der Waals surface area (Å²) < 4.78 is 1.63. The third kappa shape index (κ3) is 3.40. The van der Waals surface area contributed by atoms with Crippen molar-refractivity contribution >= 4 is 11.8 Å². The molecule has 7 nitrogen and oxygen atoms in total. The first-order valence-electron chi connectivity index (χ1n) is 7.52. The molecule has 0 atom stereocenters. The molecule has 2 N–H and O–H groups in total. The van der Waals surface area contributed by atoms with E-state index >= 15 is 0 Å². The van der Waals surface area contributed by atoms with Gasteiger partial charge in [-0.3, -0.25) is 0 Å². The first-order chi connectivity index (χ1) is 11.5. The first-order valence-corrected chi connectivity index (χ1v) is 7.52. The Morgan fingerprint density at radius 1 is 1.17 bits per heavy atom. The van der Waals surface area contributed by atoms with Gasteiger partial charge in [-0.1, -0.05) is 17.3 Å². The number of carboxylic acids is 1. The summed E-state index contributed by atoms with van der Waals surface area (Å²) in [7, 11) is 0. The van der Waals surface area contributed by atoms with Crippen LogP contribution in [0.1, 0.15) is 24.2 Å². The number of nitrogens with one attached hydrogen (secondary N) is 1. The number of carboxylic acid groups (broad SMARTS) is 1. The molecule has 2 aromatic heterocycles. The van der Waals surface area contributed by atoms with Crippen molar-refractivity contribution in [3.05, 3.63) is 54.4 Å². The molecule has 122 valence electrons. The van der Waals surface area contributed by atoms with E-state index in [4.69, 9.17) is 5.11 Å². The SMILES string of the molecule is CC(C)Nc1ccc(-n2cc(-c3ccc(C(=O)O)cc3)nn2)cn1. The largest absolute Gasteiger partial charge is 0.478 e. The summed E-state index contributed by atoms with van der Waals surface area (Å²) >= 11 is 0. The number of benzene rings is 1. The van der Waals surface area contributed by atoms with Crippen LogP contribution in [0.5, 0.6) is 0 Å². The van der Waals surface area contributed by atoms with Gasteiger partial charge in [0.05, 0.1) is 23.6 Å². The molecule has 0 bridgehead atoms. The van der Waals surface area contributed by atoms with E-state index in [1.165, 1.54) is 0 Å².